The third-order valence-corrected chi connectivity index (χ3v) is 17.7. The molecule has 2 aromatic rings. The Morgan fingerprint density at radius 3 is 2.64 bits per heavy atom. The molecule has 2 unspecified atom stereocenters. The summed E-state index contributed by atoms with van der Waals surface area (Å²) in [5.41, 5.74) is 4.87. The van der Waals surface area contributed by atoms with Crippen LogP contribution in [-0.2, 0) is 6.42 Å². The molecule has 1 nitrogen and oxygen atoms in total. The molecule has 0 radical (unpaired) electrons. The van der Waals surface area contributed by atoms with E-state index >= 15 is 0 Å². The summed E-state index contributed by atoms with van der Waals surface area (Å²) in [6.45, 7) is 0. The average molecular weight is 407 g/mol. The SMILES string of the molecule is c1ccc(C[C]2=C3c4cccc[c]4[In]2[CH]3C2CSCN2)cc1. The molecule has 2 atom stereocenters. The van der Waals surface area contributed by atoms with Crippen molar-refractivity contribution in [2.75, 3.05) is 11.6 Å². The van der Waals surface area contributed by atoms with E-state index in [1.807, 2.05) is 3.33 Å². The normalized spacial score (nSPS) is 25.4. The van der Waals surface area contributed by atoms with Crippen molar-refractivity contribution >= 4 is 42.1 Å². The van der Waals surface area contributed by atoms with Gasteiger partial charge < -0.3 is 0 Å². The van der Waals surface area contributed by atoms with Crippen LogP contribution >= 0.6 is 11.8 Å². The van der Waals surface area contributed by atoms with Crippen molar-refractivity contribution in [3.8, 4) is 0 Å². The molecule has 1 N–H and O–H groups in total. The summed E-state index contributed by atoms with van der Waals surface area (Å²) in [6, 6.07) is 21.1. The molecule has 1 saturated heterocycles. The van der Waals surface area contributed by atoms with Crippen LogP contribution in [0.5, 0.6) is 0 Å². The van der Waals surface area contributed by atoms with Crippen LogP contribution in [0.2, 0.25) is 3.67 Å². The molecule has 0 aliphatic carbocycles. The van der Waals surface area contributed by atoms with Gasteiger partial charge >= 0.3 is 144 Å². The van der Waals surface area contributed by atoms with E-state index in [4.69, 9.17) is 0 Å². The monoisotopic (exact) mass is 407 g/mol. The van der Waals surface area contributed by atoms with Gasteiger partial charge in [0.1, 0.15) is 0 Å². The van der Waals surface area contributed by atoms with Crippen molar-refractivity contribution in [1.29, 1.82) is 0 Å². The first kappa shape index (κ1) is 13.8. The molecule has 1 fully saturated rings. The number of thioether (sulfide) groups is 1. The van der Waals surface area contributed by atoms with Crippen LogP contribution in [0.15, 0.2) is 57.9 Å². The molecule has 4 heterocycles. The molecule has 3 heteroatoms. The molecular weight excluding hydrogens is 389 g/mol. The van der Waals surface area contributed by atoms with Gasteiger partial charge in [0.05, 0.1) is 0 Å². The molecule has 4 aliphatic rings. The van der Waals surface area contributed by atoms with Crippen molar-refractivity contribution in [1.82, 2.24) is 5.32 Å². The van der Waals surface area contributed by atoms with E-state index in [0.717, 1.165) is 15.6 Å². The molecule has 22 heavy (non-hydrogen) atoms. The molecule has 0 aromatic heterocycles. The third kappa shape index (κ3) is 1.98. The summed E-state index contributed by atoms with van der Waals surface area (Å²) >= 11 is 0.300. The number of hydrogen-bond donors (Lipinski definition) is 1. The third-order valence-electron chi connectivity index (χ3n) is 5.42. The van der Waals surface area contributed by atoms with E-state index in [1.165, 1.54) is 17.7 Å². The predicted molar refractivity (Wildman–Crippen MR) is 96.9 cm³/mol. The Labute approximate surface area is 143 Å². The first-order chi connectivity index (χ1) is 10.9. The van der Waals surface area contributed by atoms with Gasteiger partial charge in [-0.3, -0.25) is 0 Å². The first-order valence-electron chi connectivity index (χ1n) is 8.11. The molecule has 0 saturated carbocycles. The van der Waals surface area contributed by atoms with Crippen LogP contribution < -0.4 is 8.64 Å². The number of hydrogen-bond acceptors (Lipinski definition) is 2. The van der Waals surface area contributed by atoms with Gasteiger partial charge in [-0.2, -0.15) is 0 Å². The van der Waals surface area contributed by atoms with E-state index in [2.05, 4.69) is 71.7 Å². The first-order valence-corrected chi connectivity index (χ1v) is 14.5. The zero-order chi connectivity index (χ0) is 14.5. The summed E-state index contributed by atoms with van der Waals surface area (Å²) in [4.78, 5) is 0. The minimum absolute atomic E-state index is 0.757. The van der Waals surface area contributed by atoms with Crippen molar-refractivity contribution in [2.24, 2.45) is 0 Å². The van der Waals surface area contributed by atoms with Crippen LogP contribution in [0.1, 0.15) is 11.1 Å². The summed E-state index contributed by atoms with van der Waals surface area (Å²) in [6.07, 6.45) is 1.21. The van der Waals surface area contributed by atoms with Crippen molar-refractivity contribution in [3.05, 3.63) is 69.1 Å². The second kappa shape index (κ2) is 5.47. The number of allylic oxidation sites excluding steroid dienone is 1. The Kier molecular flexibility index (Phi) is 3.42. The van der Waals surface area contributed by atoms with Gasteiger partial charge in [0.2, 0.25) is 0 Å². The Hall–Kier alpha value is -0.640. The number of rotatable bonds is 3. The Morgan fingerprint density at radius 1 is 1.05 bits per heavy atom. The zero-order valence-corrected chi connectivity index (χ0v) is 16.6. The fourth-order valence-electron chi connectivity index (χ4n) is 4.51. The van der Waals surface area contributed by atoms with E-state index in [0.29, 0.717) is 0 Å². The van der Waals surface area contributed by atoms with Gasteiger partial charge in [-0.1, -0.05) is 0 Å². The Balaban J connectivity index is 1.54. The second-order valence-electron chi connectivity index (χ2n) is 6.52. The van der Waals surface area contributed by atoms with Crippen molar-refractivity contribution in [3.63, 3.8) is 0 Å². The zero-order valence-electron chi connectivity index (χ0n) is 12.5. The van der Waals surface area contributed by atoms with Crippen LogP contribution in [0.4, 0.5) is 0 Å². The van der Waals surface area contributed by atoms with Crippen LogP contribution in [0.25, 0.3) is 5.57 Å². The van der Waals surface area contributed by atoms with Gasteiger partial charge in [-0.25, -0.2) is 0 Å². The molecule has 0 amide bonds. The maximum absolute atomic E-state index is 3.76. The minimum atomic E-state index is -1.78. The maximum atomic E-state index is 3.76. The molecule has 0 spiro atoms. The molecule has 2 bridgehead atoms. The van der Waals surface area contributed by atoms with Gasteiger partial charge in [0.25, 0.3) is 0 Å². The van der Waals surface area contributed by atoms with Gasteiger partial charge in [-0.05, 0) is 0 Å². The summed E-state index contributed by atoms with van der Waals surface area (Å²) in [5.74, 6) is 2.46. The fourth-order valence-corrected chi connectivity index (χ4v) is 18.7. The van der Waals surface area contributed by atoms with Crippen LogP contribution in [-0.4, -0.2) is 39.1 Å². The van der Waals surface area contributed by atoms with Gasteiger partial charge in [-0.15, -0.1) is 0 Å². The van der Waals surface area contributed by atoms with Crippen molar-refractivity contribution < 1.29 is 0 Å². The molecular formula is C19H18InNS. The van der Waals surface area contributed by atoms with Crippen LogP contribution in [0, 0.1) is 0 Å². The summed E-state index contributed by atoms with van der Waals surface area (Å²) in [5, 5.41) is 3.76. The number of nitrogens with one attached hydrogen (secondary N) is 1. The van der Waals surface area contributed by atoms with Crippen LogP contribution in [0.3, 0.4) is 0 Å². The summed E-state index contributed by atoms with van der Waals surface area (Å²) < 4.78 is 4.60. The van der Waals surface area contributed by atoms with E-state index in [1.54, 1.807) is 14.5 Å². The number of benzene rings is 2. The summed E-state index contributed by atoms with van der Waals surface area (Å²) in [7, 11) is 0. The quantitative estimate of drug-likeness (QED) is 0.840. The average Bonchev–Trinajstić information content (AvgIpc) is 3.25. The molecule has 4 aliphatic heterocycles. The standard InChI is InChI=1S/C19H18NS.In/c1-3-7-16(8-4-1)11-12-18(13-19-14-21-15-20-19)17-9-5-2-6-10-17;/h1-9,13,19-20H,11,14-15H2;. The predicted octanol–water partition coefficient (Wildman–Crippen LogP) is 2.98. The Bertz CT molecular complexity index is 749. The molecule has 2 aromatic carbocycles. The topological polar surface area (TPSA) is 12.0 Å². The van der Waals surface area contributed by atoms with E-state index in [9.17, 15) is 0 Å². The fraction of sp³-hybridized carbons (Fsp3) is 0.263. The van der Waals surface area contributed by atoms with Gasteiger partial charge in [0, 0.05) is 0 Å². The Morgan fingerprint density at radius 2 is 1.86 bits per heavy atom. The second-order valence-corrected chi connectivity index (χ2v) is 16.1. The van der Waals surface area contributed by atoms with E-state index < -0.39 is 21.4 Å². The van der Waals surface area contributed by atoms with E-state index in [-0.39, 0.29) is 0 Å². The molecule has 108 valence electrons. The molecule has 6 rings (SSSR count). The van der Waals surface area contributed by atoms with Gasteiger partial charge in [0.15, 0.2) is 0 Å². The van der Waals surface area contributed by atoms with Crippen molar-refractivity contribution in [2.45, 2.75) is 16.1 Å².